The van der Waals surface area contributed by atoms with Crippen molar-refractivity contribution in [1.29, 1.82) is 0 Å². The largest absolute Gasteiger partial charge is 0.508 e. The molecule has 0 saturated heterocycles. The highest BCUT2D eigenvalue weighted by atomic mass is 16.3. The SMILES string of the molecule is CN(C)C1CNc2cccc(O)c2C1. The van der Waals surface area contributed by atoms with Gasteiger partial charge in [-0.1, -0.05) is 6.07 Å². The van der Waals surface area contributed by atoms with Gasteiger partial charge in [-0.2, -0.15) is 0 Å². The van der Waals surface area contributed by atoms with Crippen LogP contribution in [0.4, 0.5) is 5.69 Å². The average Bonchev–Trinajstić information content (AvgIpc) is 2.18. The number of fused-ring (bicyclic) bond motifs is 1. The van der Waals surface area contributed by atoms with Crippen molar-refractivity contribution in [2.24, 2.45) is 0 Å². The average molecular weight is 192 g/mol. The first-order valence-corrected chi connectivity index (χ1v) is 4.89. The highest BCUT2D eigenvalue weighted by Gasteiger charge is 2.21. The van der Waals surface area contributed by atoms with E-state index < -0.39 is 0 Å². The fourth-order valence-electron chi connectivity index (χ4n) is 1.86. The van der Waals surface area contributed by atoms with Crippen molar-refractivity contribution in [1.82, 2.24) is 4.90 Å². The van der Waals surface area contributed by atoms with Crippen LogP contribution in [0.5, 0.6) is 5.75 Å². The second-order valence-corrected chi connectivity index (χ2v) is 4.01. The smallest absolute Gasteiger partial charge is 0.120 e. The Hall–Kier alpha value is -1.22. The fraction of sp³-hybridized carbons (Fsp3) is 0.455. The summed E-state index contributed by atoms with van der Waals surface area (Å²) in [6.45, 7) is 0.948. The number of likely N-dealkylation sites (N-methyl/N-ethyl adjacent to an activating group) is 1. The van der Waals surface area contributed by atoms with E-state index in [4.69, 9.17) is 0 Å². The molecule has 0 aliphatic carbocycles. The zero-order valence-corrected chi connectivity index (χ0v) is 8.62. The number of aromatic hydroxyl groups is 1. The van der Waals surface area contributed by atoms with Crippen molar-refractivity contribution in [2.75, 3.05) is 26.0 Å². The highest BCUT2D eigenvalue weighted by Crippen LogP contribution is 2.30. The summed E-state index contributed by atoms with van der Waals surface area (Å²) in [6, 6.07) is 6.10. The number of benzene rings is 1. The molecule has 1 aliphatic heterocycles. The number of anilines is 1. The minimum absolute atomic E-state index is 0.404. The molecule has 0 amide bonds. The van der Waals surface area contributed by atoms with Gasteiger partial charge in [-0.15, -0.1) is 0 Å². The van der Waals surface area contributed by atoms with Crippen LogP contribution >= 0.6 is 0 Å². The lowest BCUT2D eigenvalue weighted by Gasteiger charge is -2.31. The van der Waals surface area contributed by atoms with Crippen LogP contribution in [-0.2, 0) is 6.42 Å². The quantitative estimate of drug-likeness (QED) is 0.704. The summed E-state index contributed by atoms with van der Waals surface area (Å²) in [5.41, 5.74) is 2.11. The number of phenols is 1. The Labute approximate surface area is 84.4 Å². The highest BCUT2D eigenvalue weighted by molar-refractivity contribution is 5.59. The summed E-state index contributed by atoms with van der Waals surface area (Å²) in [4.78, 5) is 2.18. The molecule has 14 heavy (non-hydrogen) atoms. The number of hydrogen-bond donors (Lipinski definition) is 2. The molecule has 2 rings (SSSR count). The van der Waals surface area contributed by atoms with Crippen LogP contribution in [0.15, 0.2) is 18.2 Å². The molecule has 0 fully saturated rings. The van der Waals surface area contributed by atoms with Crippen molar-refractivity contribution in [3.05, 3.63) is 23.8 Å². The molecular weight excluding hydrogens is 176 g/mol. The van der Waals surface area contributed by atoms with Gasteiger partial charge >= 0.3 is 0 Å². The Morgan fingerprint density at radius 2 is 2.21 bits per heavy atom. The molecule has 0 bridgehead atoms. The minimum Gasteiger partial charge on any atom is -0.508 e. The lowest BCUT2D eigenvalue weighted by Crippen LogP contribution is -2.39. The van der Waals surface area contributed by atoms with Crippen molar-refractivity contribution in [3.63, 3.8) is 0 Å². The molecule has 0 saturated carbocycles. The van der Waals surface area contributed by atoms with Gasteiger partial charge in [0.15, 0.2) is 0 Å². The molecule has 0 spiro atoms. The van der Waals surface area contributed by atoms with Crippen molar-refractivity contribution < 1.29 is 5.11 Å². The Morgan fingerprint density at radius 3 is 2.93 bits per heavy atom. The molecule has 1 aliphatic rings. The van der Waals surface area contributed by atoms with Gasteiger partial charge in [0.1, 0.15) is 5.75 Å². The van der Waals surface area contributed by atoms with Gasteiger partial charge in [-0.25, -0.2) is 0 Å². The summed E-state index contributed by atoms with van der Waals surface area (Å²) in [6.07, 6.45) is 0.919. The lowest BCUT2D eigenvalue weighted by atomic mass is 9.98. The maximum absolute atomic E-state index is 9.70. The summed E-state index contributed by atoms with van der Waals surface area (Å²) in [5, 5.41) is 13.0. The zero-order chi connectivity index (χ0) is 10.1. The number of hydrogen-bond acceptors (Lipinski definition) is 3. The molecule has 1 heterocycles. The molecule has 0 aromatic heterocycles. The first-order chi connectivity index (χ1) is 6.68. The van der Waals surface area contributed by atoms with Gasteiger partial charge in [0.25, 0.3) is 0 Å². The van der Waals surface area contributed by atoms with Gasteiger partial charge in [-0.3, -0.25) is 0 Å². The van der Waals surface area contributed by atoms with E-state index in [9.17, 15) is 5.11 Å². The molecule has 1 unspecified atom stereocenters. The van der Waals surface area contributed by atoms with E-state index in [0.717, 1.165) is 24.2 Å². The maximum Gasteiger partial charge on any atom is 0.120 e. The first kappa shape index (κ1) is 9.34. The first-order valence-electron chi connectivity index (χ1n) is 4.89. The molecule has 3 heteroatoms. The third kappa shape index (κ3) is 1.55. The summed E-state index contributed by atoms with van der Waals surface area (Å²) in [5.74, 6) is 0.404. The standard InChI is InChI=1S/C11H16N2O/c1-13(2)8-6-9-10(12-7-8)4-3-5-11(9)14/h3-5,8,12,14H,6-7H2,1-2H3. The predicted molar refractivity (Wildman–Crippen MR) is 57.8 cm³/mol. The molecule has 1 atom stereocenters. The normalized spacial score (nSPS) is 20.4. The van der Waals surface area contributed by atoms with E-state index in [-0.39, 0.29) is 0 Å². The number of nitrogens with one attached hydrogen (secondary N) is 1. The van der Waals surface area contributed by atoms with Gasteiger partial charge < -0.3 is 15.3 Å². The second-order valence-electron chi connectivity index (χ2n) is 4.01. The van der Waals surface area contributed by atoms with Crippen molar-refractivity contribution in [3.8, 4) is 5.75 Å². The number of nitrogens with zero attached hydrogens (tertiary/aromatic N) is 1. The van der Waals surface area contributed by atoms with Crippen molar-refractivity contribution >= 4 is 5.69 Å². The zero-order valence-electron chi connectivity index (χ0n) is 8.62. The molecule has 76 valence electrons. The Morgan fingerprint density at radius 1 is 1.43 bits per heavy atom. The molecule has 1 aromatic carbocycles. The van der Waals surface area contributed by atoms with E-state index >= 15 is 0 Å². The Kier molecular flexibility index (Phi) is 2.33. The number of phenolic OH excluding ortho intramolecular Hbond substituents is 1. The molecule has 3 nitrogen and oxygen atoms in total. The maximum atomic E-state index is 9.70. The summed E-state index contributed by atoms with van der Waals surface area (Å²) >= 11 is 0. The van der Waals surface area contributed by atoms with Crippen LogP contribution in [-0.4, -0.2) is 36.7 Å². The van der Waals surface area contributed by atoms with E-state index in [0.29, 0.717) is 11.8 Å². The molecule has 0 radical (unpaired) electrons. The van der Waals surface area contributed by atoms with Crippen LogP contribution in [0.3, 0.4) is 0 Å². The second kappa shape index (κ2) is 3.50. The lowest BCUT2D eigenvalue weighted by molar-refractivity contribution is 0.296. The van der Waals surface area contributed by atoms with Crippen LogP contribution in [0, 0.1) is 0 Å². The van der Waals surface area contributed by atoms with E-state index in [2.05, 4.69) is 24.3 Å². The summed E-state index contributed by atoms with van der Waals surface area (Å²) < 4.78 is 0. The van der Waals surface area contributed by atoms with Crippen LogP contribution in [0.25, 0.3) is 0 Å². The molecule has 1 aromatic rings. The molecule has 2 N–H and O–H groups in total. The third-order valence-corrected chi connectivity index (χ3v) is 2.85. The third-order valence-electron chi connectivity index (χ3n) is 2.85. The molecular formula is C11H16N2O. The monoisotopic (exact) mass is 192 g/mol. The summed E-state index contributed by atoms with van der Waals surface area (Å²) in [7, 11) is 4.13. The van der Waals surface area contributed by atoms with Crippen LogP contribution < -0.4 is 5.32 Å². The van der Waals surface area contributed by atoms with Gasteiger partial charge in [0.2, 0.25) is 0 Å². The fourth-order valence-corrected chi connectivity index (χ4v) is 1.86. The van der Waals surface area contributed by atoms with Crippen LogP contribution in [0.1, 0.15) is 5.56 Å². The Bertz CT molecular complexity index is 336. The predicted octanol–water partition coefficient (Wildman–Crippen LogP) is 1.29. The number of rotatable bonds is 1. The van der Waals surface area contributed by atoms with Crippen LogP contribution in [0.2, 0.25) is 0 Å². The van der Waals surface area contributed by atoms with E-state index in [1.54, 1.807) is 6.07 Å². The Balaban J connectivity index is 2.29. The topological polar surface area (TPSA) is 35.5 Å². The van der Waals surface area contributed by atoms with Gasteiger partial charge in [-0.05, 0) is 32.6 Å². The minimum atomic E-state index is 0.404. The van der Waals surface area contributed by atoms with Gasteiger partial charge in [0.05, 0.1) is 0 Å². The van der Waals surface area contributed by atoms with E-state index in [1.165, 1.54) is 0 Å². The van der Waals surface area contributed by atoms with Gasteiger partial charge in [0, 0.05) is 23.8 Å². The van der Waals surface area contributed by atoms with E-state index in [1.807, 2.05) is 12.1 Å². The van der Waals surface area contributed by atoms with Crippen molar-refractivity contribution in [2.45, 2.75) is 12.5 Å².